The molecule has 0 saturated heterocycles. The zero-order valence-electron chi connectivity index (χ0n) is 2.58. The summed E-state index contributed by atoms with van der Waals surface area (Å²) in [5.41, 5.74) is 0. The minimum absolute atomic E-state index is 0.382. The molecule has 0 bridgehead atoms. The van der Waals surface area contributed by atoms with Crippen molar-refractivity contribution in [2.75, 3.05) is 0 Å². The van der Waals surface area contributed by atoms with Crippen LogP contribution in [0.2, 0.25) is 0 Å². The van der Waals surface area contributed by atoms with Gasteiger partial charge < -0.3 is 5.21 Å². The van der Waals surface area contributed by atoms with Crippen LogP contribution in [0.1, 0.15) is 0 Å². The van der Waals surface area contributed by atoms with E-state index in [0.29, 0.717) is 4.89 Å². The van der Waals surface area contributed by atoms with E-state index in [4.69, 9.17) is 18.2 Å². The molecule has 6 heavy (non-hydrogen) atoms. The van der Waals surface area contributed by atoms with E-state index in [1.807, 2.05) is 0 Å². The van der Waals surface area contributed by atoms with Crippen molar-refractivity contribution < 1.29 is 13.0 Å². The molecule has 0 aliphatic carbocycles. The fraction of sp³-hybridized carbons (Fsp3) is 0. The van der Waals surface area contributed by atoms with Crippen molar-refractivity contribution in [3.63, 3.8) is 0 Å². The third-order valence-corrected chi connectivity index (χ3v) is 0.316. The molecule has 0 radical (unpaired) electrons. The van der Waals surface area contributed by atoms with Gasteiger partial charge in [0.05, 0.1) is 0 Å². The van der Waals surface area contributed by atoms with E-state index in [9.17, 15) is 0 Å². The fourth-order valence-electron chi connectivity index (χ4n) is 0. The highest BCUT2D eigenvalue weighted by atomic mass is 32.2. The van der Waals surface area contributed by atoms with Crippen LogP contribution in [-0.4, -0.2) is 13.0 Å². The van der Waals surface area contributed by atoms with Gasteiger partial charge in [0, 0.05) is 0 Å². The Balaban J connectivity index is 3.85. The molecular weight excluding hydrogens is 110 g/mol. The summed E-state index contributed by atoms with van der Waals surface area (Å²) in [5.74, 6) is 0. The van der Waals surface area contributed by atoms with Crippen molar-refractivity contribution in [2.45, 2.75) is 0 Å². The molecule has 0 saturated carbocycles. The van der Waals surface area contributed by atoms with Crippen LogP contribution in [0.5, 0.6) is 0 Å². The van der Waals surface area contributed by atoms with Crippen LogP contribution in [0.4, 0.5) is 0 Å². The lowest BCUT2D eigenvalue weighted by Gasteiger charge is -1.97. The normalized spacial score (nSPS) is 11.7. The topological polar surface area (TPSA) is 89.5 Å². The summed E-state index contributed by atoms with van der Waals surface area (Å²) >= 11 is 0. The van der Waals surface area contributed by atoms with E-state index >= 15 is 0 Å². The summed E-state index contributed by atoms with van der Waals surface area (Å²) in [4.78, 5) is 0.382. The van der Waals surface area contributed by atoms with Crippen molar-refractivity contribution in [1.29, 1.82) is 0 Å². The minimum Gasteiger partial charge on any atom is -0.773 e. The number of hydrogen-bond donors (Lipinski definition) is 2. The molecule has 0 amide bonds. The van der Waals surface area contributed by atoms with Crippen molar-refractivity contribution in [3.8, 4) is 0 Å². The smallest absolute Gasteiger partial charge is 0.321 e. The second-order valence-electron chi connectivity index (χ2n) is 0.558. The van der Waals surface area contributed by atoms with Gasteiger partial charge in [-0.1, -0.05) is 0 Å². The Hall–Kier alpha value is -0.170. The summed E-state index contributed by atoms with van der Waals surface area (Å²) in [5, 5.41) is 8.86. The standard InChI is InChI=1S/H2NO4S/c2-1-6(3,4)5/h1H,(H,3,4,5)/q-1. The summed E-state index contributed by atoms with van der Waals surface area (Å²) < 4.78 is 25.6. The van der Waals surface area contributed by atoms with Crippen molar-refractivity contribution in [1.82, 2.24) is 4.89 Å². The molecule has 0 aliphatic rings. The molecule has 2 N–H and O–H groups in total. The Morgan fingerprint density at radius 2 is 1.83 bits per heavy atom. The van der Waals surface area contributed by atoms with Gasteiger partial charge in [0.15, 0.2) is 0 Å². The summed E-state index contributed by atoms with van der Waals surface area (Å²) in [6.07, 6.45) is 0. The molecule has 0 aromatic carbocycles. The molecule has 0 aromatic heterocycles. The Bertz CT molecular complexity index is 110. The highest BCUT2D eigenvalue weighted by molar-refractivity contribution is 7.83. The first-order valence-corrected chi connectivity index (χ1v) is 2.36. The second-order valence-corrected chi connectivity index (χ2v) is 1.68. The largest absolute Gasteiger partial charge is 0.773 e. The molecule has 0 atom stereocenters. The van der Waals surface area contributed by atoms with Crippen LogP contribution in [-0.2, 0) is 10.3 Å². The first-order chi connectivity index (χ1) is 2.56. The van der Waals surface area contributed by atoms with E-state index in [1.165, 1.54) is 0 Å². The first kappa shape index (κ1) is 5.83. The number of nitrogens with one attached hydrogen (secondary N) is 1. The molecule has 0 rings (SSSR count). The van der Waals surface area contributed by atoms with Gasteiger partial charge in [0.1, 0.15) is 0 Å². The van der Waals surface area contributed by atoms with E-state index in [1.54, 1.807) is 0 Å². The van der Waals surface area contributed by atoms with Crippen LogP contribution in [0, 0.1) is 5.21 Å². The van der Waals surface area contributed by atoms with Gasteiger partial charge in [0.2, 0.25) is 0 Å². The molecule has 0 aromatic rings. The highest BCUT2D eigenvalue weighted by Crippen LogP contribution is 1.62. The van der Waals surface area contributed by atoms with Gasteiger partial charge in [0.25, 0.3) is 0 Å². The van der Waals surface area contributed by atoms with Crippen molar-refractivity contribution >= 4 is 10.3 Å². The summed E-state index contributed by atoms with van der Waals surface area (Å²) in [7, 11) is -4.47. The van der Waals surface area contributed by atoms with Gasteiger partial charge in [-0.2, -0.15) is 8.42 Å². The predicted octanol–water partition coefficient (Wildman–Crippen LogP) is -1.12. The monoisotopic (exact) mass is 112 g/mol. The highest BCUT2D eigenvalue weighted by Gasteiger charge is 1.86. The molecular formula is H2NO4S-. The van der Waals surface area contributed by atoms with E-state index < -0.39 is 10.3 Å². The number of rotatable bonds is 1. The van der Waals surface area contributed by atoms with Crippen LogP contribution in [0.25, 0.3) is 0 Å². The molecule has 0 heterocycles. The second kappa shape index (κ2) is 1.52. The quantitative estimate of drug-likeness (QED) is 0.332. The van der Waals surface area contributed by atoms with Crippen molar-refractivity contribution in [3.05, 3.63) is 5.21 Å². The average Bonchev–Trinajstić information content (AvgIpc) is 1.35. The third-order valence-electron chi connectivity index (χ3n) is 0.105. The fourth-order valence-corrected chi connectivity index (χ4v) is 0. The lowest BCUT2D eigenvalue weighted by molar-refractivity contribution is 0.476. The Kier molecular flexibility index (Phi) is 1.48. The van der Waals surface area contributed by atoms with Crippen LogP contribution >= 0.6 is 0 Å². The lowest BCUT2D eigenvalue weighted by Crippen LogP contribution is -2.13. The maximum absolute atomic E-state index is 9.13. The maximum Gasteiger partial charge on any atom is 0.321 e. The van der Waals surface area contributed by atoms with Crippen LogP contribution in [0.3, 0.4) is 0 Å². The molecule has 5 nitrogen and oxygen atoms in total. The molecule has 0 aliphatic heterocycles. The van der Waals surface area contributed by atoms with Crippen LogP contribution in [0.15, 0.2) is 0 Å². The zero-order chi connectivity index (χ0) is 5.21. The minimum atomic E-state index is -4.47. The average molecular weight is 112 g/mol. The Morgan fingerprint density at radius 1 is 1.67 bits per heavy atom. The zero-order valence-corrected chi connectivity index (χ0v) is 3.40. The third kappa shape index (κ3) is 3.83. The number of hydrogen-bond acceptors (Lipinski definition) is 3. The SMILES string of the molecule is O=S(=O)(O)N[O-]. The van der Waals surface area contributed by atoms with Crippen LogP contribution < -0.4 is 4.89 Å². The lowest BCUT2D eigenvalue weighted by atomic mass is 13.5. The molecule has 0 unspecified atom stereocenters. The van der Waals surface area contributed by atoms with E-state index in [0.717, 1.165) is 0 Å². The van der Waals surface area contributed by atoms with E-state index in [2.05, 4.69) is 0 Å². The Labute approximate surface area is 34.4 Å². The molecule has 0 fully saturated rings. The van der Waals surface area contributed by atoms with Gasteiger partial charge in [-0.15, -0.1) is 0 Å². The van der Waals surface area contributed by atoms with Gasteiger partial charge in [-0.3, -0.25) is 9.44 Å². The molecule has 6 heteroatoms. The van der Waals surface area contributed by atoms with Gasteiger partial charge in [-0.25, -0.2) is 0 Å². The molecule has 0 spiro atoms. The van der Waals surface area contributed by atoms with Crippen molar-refractivity contribution in [2.24, 2.45) is 0 Å². The van der Waals surface area contributed by atoms with Gasteiger partial charge >= 0.3 is 10.3 Å². The summed E-state index contributed by atoms with van der Waals surface area (Å²) in [6.45, 7) is 0. The maximum atomic E-state index is 9.13. The predicted molar refractivity (Wildman–Crippen MR) is 18.1 cm³/mol. The van der Waals surface area contributed by atoms with E-state index in [-0.39, 0.29) is 0 Å². The van der Waals surface area contributed by atoms with Gasteiger partial charge in [-0.05, 0) is 0 Å². The summed E-state index contributed by atoms with van der Waals surface area (Å²) in [6, 6.07) is 0. The molecule has 38 valence electrons. The Morgan fingerprint density at radius 3 is 1.83 bits per heavy atom. The first-order valence-electron chi connectivity index (χ1n) is 0.924.